The quantitative estimate of drug-likeness (QED) is 0.139. The van der Waals surface area contributed by atoms with E-state index in [0.717, 1.165) is 33.5 Å². The van der Waals surface area contributed by atoms with Gasteiger partial charge in [-0.25, -0.2) is 0 Å². The number of aryl methyl sites for hydroxylation is 1. The molecule has 2 aliphatic heterocycles. The van der Waals surface area contributed by atoms with E-state index >= 15 is 0 Å². The molecule has 0 fully saturated rings. The smallest absolute Gasteiger partial charge is 0.312 e. The molecule has 8 heteroatoms. The summed E-state index contributed by atoms with van der Waals surface area (Å²) < 4.78 is 25.6. The first-order valence-electron chi connectivity index (χ1n) is 13.6. The predicted octanol–water partition coefficient (Wildman–Crippen LogP) is 6.22. The van der Waals surface area contributed by atoms with Crippen molar-refractivity contribution in [1.29, 1.82) is 0 Å². The highest BCUT2D eigenvalue weighted by molar-refractivity contribution is 6.15. The van der Waals surface area contributed by atoms with E-state index in [1.165, 1.54) is 0 Å². The summed E-state index contributed by atoms with van der Waals surface area (Å²) in [5, 5.41) is 0.935. The molecule has 8 nitrogen and oxygen atoms in total. The Kier molecular flexibility index (Phi) is 6.23. The van der Waals surface area contributed by atoms with Gasteiger partial charge in [0.25, 0.3) is 0 Å². The number of aromatic nitrogens is 2. The molecule has 42 heavy (non-hydrogen) atoms. The molecule has 208 valence electrons. The van der Waals surface area contributed by atoms with Gasteiger partial charge in [-0.3, -0.25) is 14.6 Å². The zero-order valence-corrected chi connectivity index (χ0v) is 23.0. The van der Waals surface area contributed by atoms with Gasteiger partial charge in [0.05, 0.1) is 24.8 Å². The first-order chi connectivity index (χ1) is 20.5. The van der Waals surface area contributed by atoms with Crippen LogP contribution < -0.4 is 18.9 Å². The van der Waals surface area contributed by atoms with Crippen LogP contribution in [0.25, 0.3) is 17.0 Å². The number of pyridine rings is 1. The first-order valence-corrected chi connectivity index (χ1v) is 13.6. The molecule has 0 amide bonds. The van der Waals surface area contributed by atoms with Crippen molar-refractivity contribution in [3.05, 3.63) is 119 Å². The number of ketones is 1. The molecule has 2 aliphatic rings. The molecule has 3 aromatic carbocycles. The summed E-state index contributed by atoms with van der Waals surface area (Å²) in [6.45, 7) is 0.270. The topological polar surface area (TPSA) is 88.9 Å². The number of rotatable bonds is 6. The van der Waals surface area contributed by atoms with E-state index in [1.54, 1.807) is 31.5 Å². The fraction of sp³-hybridized carbons (Fsp3) is 0.147. The van der Waals surface area contributed by atoms with Gasteiger partial charge in [-0.15, -0.1) is 0 Å². The largest absolute Gasteiger partial charge is 0.497 e. The molecule has 7 rings (SSSR count). The van der Waals surface area contributed by atoms with Gasteiger partial charge in [0.15, 0.2) is 5.76 Å². The van der Waals surface area contributed by atoms with Crippen molar-refractivity contribution in [2.45, 2.75) is 18.9 Å². The average Bonchev–Trinajstić information content (AvgIpc) is 3.50. The van der Waals surface area contributed by atoms with Crippen LogP contribution in [-0.4, -0.2) is 28.4 Å². The number of Topliss-reactive ketones (excluding diaryl/α,β-unsaturated/α-hetero) is 1. The number of carbonyl (C=O) groups is 2. The monoisotopic (exact) mass is 558 g/mol. The average molecular weight is 559 g/mol. The third-order valence-electron chi connectivity index (χ3n) is 7.69. The van der Waals surface area contributed by atoms with E-state index in [-0.39, 0.29) is 30.5 Å². The summed E-state index contributed by atoms with van der Waals surface area (Å²) in [4.78, 5) is 30.7. The maximum atomic E-state index is 13.6. The molecule has 2 aromatic heterocycles. The van der Waals surface area contributed by atoms with Gasteiger partial charge >= 0.3 is 5.97 Å². The normalized spacial score (nSPS) is 16.6. The van der Waals surface area contributed by atoms with Crippen LogP contribution in [0, 0.1) is 0 Å². The molecule has 0 saturated heterocycles. The molecule has 1 unspecified atom stereocenters. The highest BCUT2D eigenvalue weighted by atomic mass is 16.5. The van der Waals surface area contributed by atoms with Gasteiger partial charge in [0.1, 0.15) is 29.6 Å². The minimum atomic E-state index is -0.440. The minimum absolute atomic E-state index is 0.0765. The van der Waals surface area contributed by atoms with Gasteiger partial charge in [0.2, 0.25) is 5.78 Å². The van der Waals surface area contributed by atoms with Crippen LogP contribution in [-0.2, 0) is 18.4 Å². The summed E-state index contributed by atoms with van der Waals surface area (Å²) in [7, 11) is 3.57. The number of fused-ring (bicyclic) bond motifs is 4. The lowest BCUT2D eigenvalue weighted by Gasteiger charge is -2.27. The van der Waals surface area contributed by atoms with Crippen molar-refractivity contribution >= 4 is 28.7 Å². The highest BCUT2D eigenvalue weighted by Crippen LogP contribution is 2.50. The van der Waals surface area contributed by atoms with Crippen molar-refractivity contribution in [3.8, 4) is 23.0 Å². The van der Waals surface area contributed by atoms with Crippen molar-refractivity contribution in [2.24, 2.45) is 7.05 Å². The van der Waals surface area contributed by atoms with E-state index in [9.17, 15) is 9.59 Å². The highest BCUT2D eigenvalue weighted by Gasteiger charge is 2.39. The maximum Gasteiger partial charge on any atom is 0.312 e. The van der Waals surface area contributed by atoms with Gasteiger partial charge in [-0.05, 0) is 54.6 Å². The van der Waals surface area contributed by atoms with E-state index in [2.05, 4.69) is 4.98 Å². The fourth-order valence-electron chi connectivity index (χ4n) is 5.69. The lowest BCUT2D eigenvalue weighted by Crippen LogP contribution is -2.22. The van der Waals surface area contributed by atoms with Crippen LogP contribution in [0.2, 0.25) is 0 Å². The van der Waals surface area contributed by atoms with Crippen LogP contribution in [0.5, 0.6) is 23.0 Å². The zero-order chi connectivity index (χ0) is 28.8. The van der Waals surface area contributed by atoms with Gasteiger partial charge in [-0.1, -0.05) is 24.3 Å². The summed E-state index contributed by atoms with van der Waals surface area (Å²) in [5.41, 5.74) is 4.48. The van der Waals surface area contributed by atoms with Crippen LogP contribution in [0.3, 0.4) is 0 Å². The van der Waals surface area contributed by atoms with E-state index in [1.807, 2.05) is 78.5 Å². The SMILES string of the molecule is COc1ccc2c(c1)c(/C=C1\Oc3c(ccc4c3C(c3ccccc3OCc3ccccn3)CC(=O)O4)C1=O)cn2C. The summed E-state index contributed by atoms with van der Waals surface area (Å²) in [5.74, 6) is 1.28. The van der Waals surface area contributed by atoms with Crippen LogP contribution in [0.15, 0.2) is 90.9 Å². The molecule has 5 aromatic rings. The van der Waals surface area contributed by atoms with Crippen molar-refractivity contribution in [1.82, 2.24) is 9.55 Å². The number of ether oxygens (including phenoxy) is 4. The zero-order valence-electron chi connectivity index (χ0n) is 23.0. The van der Waals surface area contributed by atoms with Gasteiger partial charge in [0, 0.05) is 53.0 Å². The van der Waals surface area contributed by atoms with Crippen LogP contribution in [0.1, 0.15) is 45.1 Å². The van der Waals surface area contributed by atoms with E-state index < -0.39 is 5.92 Å². The third-order valence-corrected chi connectivity index (χ3v) is 7.69. The number of hydrogen-bond acceptors (Lipinski definition) is 7. The summed E-state index contributed by atoms with van der Waals surface area (Å²) in [6, 6.07) is 22.4. The number of allylic oxidation sites excluding steroid dienone is 1. The molecule has 0 saturated carbocycles. The van der Waals surface area contributed by atoms with E-state index in [4.69, 9.17) is 18.9 Å². The second kappa shape index (κ2) is 10.2. The standard InChI is InChI=1S/C34H26N2O6/c1-36-18-20(25-16-22(39-2)10-12-27(25)36)15-30-33(38)24-11-13-29-32(34(24)42-30)26(17-31(37)41-29)23-8-3-4-9-28(23)40-19-21-7-5-6-14-35-21/h3-16,18,26H,17,19H2,1-2H3/b30-15-. The molecule has 0 aliphatic carbocycles. The van der Waals surface area contributed by atoms with E-state index in [0.29, 0.717) is 28.4 Å². The second-order valence-electron chi connectivity index (χ2n) is 10.3. The molecular formula is C34H26N2O6. The Balaban J connectivity index is 1.28. The number of methoxy groups -OCH3 is 1. The summed E-state index contributed by atoms with van der Waals surface area (Å²) >= 11 is 0. The number of para-hydroxylation sites is 1. The predicted molar refractivity (Wildman–Crippen MR) is 156 cm³/mol. The Morgan fingerprint density at radius 2 is 1.88 bits per heavy atom. The second-order valence-corrected chi connectivity index (χ2v) is 10.3. The molecule has 0 spiro atoms. The Bertz CT molecular complexity index is 1910. The molecule has 4 heterocycles. The number of hydrogen-bond donors (Lipinski definition) is 0. The van der Waals surface area contributed by atoms with Crippen LogP contribution in [0.4, 0.5) is 0 Å². The summed E-state index contributed by atoms with van der Waals surface area (Å²) in [6.07, 6.45) is 5.50. The number of benzene rings is 3. The minimum Gasteiger partial charge on any atom is -0.497 e. The Hall–Kier alpha value is -5.37. The molecule has 0 N–H and O–H groups in total. The molecule has 0 radical (unpaired) electrons. The third kappa shape index (κ3) is 4.37. The van der Waals surface area contributed by atoms with Gasteiger partial charge in [-0.2, -0.15) is 0 Å². The van der Waals surface area contributed by atoms with Crippen molar-refractivity contribution < 1.29 is 28.5 Å². The maximum absolute atomic E-state index is 13.6. The number of nitrogens with zero attached hydrogens (tertiary/aromatic N) is 2. The first kappa shape index (κ1) is 25.6. The van der Waals surface area contributed by atoms with Crippen molar-refractivity contribution in [2.75, 3.05) is 7.11 Å². The lowest BCUT2D eigenvalue weighted by atomic mass is 9.84. The number of carbonyl (C=O) groups excluding carboxylic acids is 2. The Labute approximate surface area is 241 Å². The van der Waals surface area contributed by atoms with Crippen LogP contribution >= 0.6 is 0 Å². The van der Waals surface area contributed by atoms with Crippen molar-refractivity contribution in [3.63, 3.8) is 0 Å². The lowest BCUT2D eigenvalue weighted by molar-refractivity contribution is -0.135. The Morgan fingerprint density at radius 1 is 1.02 bits per heavy atom. The van der Waals surface area contributed by atoms with Gasteiger partial charge < -0.3 is 23.5 Å². The molecular weight excluding hydrogens is 532 g/mol. The number of esters is 1. The molecule has 0 bridgehead atoms. The fourth-order valence-corrected chi connectivity index (χ4v) is 5.69. The Morgan fingerprint density at radius 3 is 2.71 bits per heavy atom. The molecule has 1 atom stereocenters.